The second-order valence-corrected chi connectivity index (χ2v) is 15.5. The third-order valence-corrected chi connectivity index (χ3v) is 9.69. The monoisotopic (exact) mass is 808 g/mol. The lowest BCUT2D eigenvalue weighted by Crippen LogP contribution is -2.34. The van der Waals surface area contributed by atoms with Crippen LogP contribution in [0.2, 0.25) is 0 Å². The summed E-state index contributed by atoms with van der Waals surface area (Å²) in [4.78, 5) is 33.5. The number of unbranched alkanes of at least 4 members (excludes halogenated alkanes) is 14. The van der Waals surface area contributed by atoms with E-state index in [0.29, 0.717) is 19.4 Å². The smallest absolute Gasteiger partial charge is 0.472 e. The third-order valence-electron chi connectivity index (χ3n) is 8.74. The molecule has 11 heteroatoms. The number of phosphoric acid groups is 1. The number of esters is 1. The molecule has 0 saturated heterocycles. The molecule has 0 aromatic heterocycles. The number of allylic oxidation sites excluding steroid dienone is 11. The second kappa shape index (κ2) is 40.6. The number of phosphoric ester groups is 1. The maximum absolute atomic E-state index is 12.6. The van der Waals surface area contributed by atoms with Crippen molar-refractivity contribution in [2.24, 2.45) is 5.73 Å². The van der Waals surface area contributed by atoms with Crippen LogP contribution in [0.25, 0.3) is 0 Å². The van der Waals surface area contributed by atoms with Crippen molar-refractivity contribution in [3.63, 3.8) is 0 Å². The van der Waals surface area contributed by atoms with Crippen molar-refractivity contribution in [3.05, 3.63) is 72.9 Å². The van der Waals surface area contributed by atoms with Crippen molar-refractivity contribution in [1.82, 2.24) is 0 Å². The van der Waals surface area contributed by atoms with E-state index in [9.17, 15) is 19.0 Å². The lowest BCUT2D eigenvalue weighted by molar-refractivity contribution is -0.154. The van der Waals surface area contributed by atoms with E-state index in [0.717, 1.165) is 57.8 Å². The van der Waals surface area contributed by atoms with Crippen LogP contribution in [0, 0.1) is 0 Å². The van der Waals surface area contributed by atoms with Crippen molar-refractivity contribution >= 4 is 19.8 Å². The number of carbonyl (C=O) groups excluding carboxylic acids is 1. The number of nitrogens with two attached hydrogens (primary N) is 1. The Morgan fingerprint density at radius 1 is 0.589 bits per heavy atom. The van der Waals surface area contributed by atoms with Crippen LogP contribution in [0.1, 0.15) is 162 Å². The highest BCUT2D eigenvalue weighted by Crippen LogP contribution is 2.43. The summed E-state index contributed by atoms with van der Waals surface area (Å²) in [6.07, 6.45) is 49.8. The van der Waals surface area contributed by atoms with Gasteiger partial charge in [-0.1, -0.05) is 157 Å². The Morgan fingerprint density at radius 3 is 1.55 bits per heavy atom. The molecular weight excluding hydrogens is 729 g/mol. The molecule has 0 aliphatic rings. The Bertz CT molecular complexity index is 1160. The number of carboxylic acid groups (broad SMARTS) is 1. The number of hydrogen-bond donors (Lipinski definition) is 3. The van der Waals surface area contributed by atoms with Crippen molar-refractivity contribution in [3.8, 4) is 0 Å². The fourth-order valence-corrected chi connectivity index (χ4v) is 6.20. The van der Waals surface area contributed by atoms with E-state index in [1.807, 2.05) is 6.08 Å². The van der Waals surface area contributed by atoms with Crippen LogP contribution >= 0.6 is 7.82 Å². The number of carboxylic acids is 1. The molecule has 4 N–H and O–H groups in total. The molecule has 0 bridgehead atoms. The van der Waals surface area contributed by atoms with Crippen LogP contribution < -0.4 is 5.73 Å². The summed E-state index contributed by atoms with van der Waals surface area (Å²) in [6, 6.07) is -1.49. The minimum Gasteiger partial charge on any atom is -0.480 e. The van der Waals surface area contributed by atoms with Gasteiger partial charge in [-0.15, -0.1) is 0 Å². The molecule has 3 atom stereocenters. The van der Waals surface area contributed by atoms with Gasteiger partial charge < -0.3 is 25.2 Å². The third kappa shape index (κ3) is 39.6. The van der Waals surface area contributed by atoms with Crippen molar-refractivity contribution in [2.75, 3.05) is 26.4 Å². The van der Waals surface area contributed by atoms with Gasteiger partial charge >= 0.3 is 19.8 Å². The Hall–Kier alpha value is -2.59. The van der Waals surface area contributed by atoms with Crippen LogP contribution in [0.15, 0.2) is 72.9 Å². The highest BCUT2D eigenvalue weighted by Gasteiger charge is 2.27. The number of ether oxygens (including phenoxy) is 2. The van der Waals surface area contributed by atoms with Gasteiger partial charge in [0.05, 0.1) is 26.4 Å². The molecule has 0 amide bonds. The van der Waals surface area contributed by atoms with E-state index in [2.05, 4.69) is 80.7 Å². The van der Waals surface area contributed by atoms with Crippen LogP contribution in [0.5, 0.6) is 0 Å². The maximum atomic E-state index is 12.6. The first kappa shape index (κ1) is 53.4. The van der Waals surface area contributed by atoms with Crippen molar-refractivity contribution in [1.29, 1.82) is 0 Å². The van der Waals surface area contributed by atoms with Gasteiger partial charge in [-0.05, 0) is 70.6 Å². The van der Waals surface area contributed by atoms with Gasteiger partial charge in [0.25, 0.3) is 0 Å². The molecule has 0 radical (unpaired) electrons. The summed E-state index contributed by atoms with van der Waals surface area (Å²) in [5.74, 6) is -1.82. The topological polar surface area (TPSA) is 155 Å². The standard InChI is InChI=1S/C45H78NO9P/c1-3-5-7-9-11-13-15-17-19-21-22-23-25-27-29-31-33-35-37-44(47)55-42(40-53-56(50,51)54-41-43(46)45(48)49)39-52-38-36-34-32-30-28-26-24-20-18-16-14-12-10-8-6-4-2/h6,8,12,14,18-21,26,28,32,34,42-43H,3-5,7,9-11,13,15-17,22-25,27,29-31,33,35-41,46H2,1-2H3,(H,48,49)(H,50,51)/b8-6-,14-12-,20-18-,21-19-,28-26-,34-32-. The summed E-state index contributed by atoms with van der Waals surface area (Å²) < 4.78 is 33.2. The Labute approximate surface area is 340 Å². The first-order chi connectivity index (χ1) is 27.2. The Morgan fingerprint density at radius 2 is 1.04 bits per heavy atom. The largest absolute Gasteiger partial charge is 0.480 e. The average molecular weight is 808 g/mol. The molecule has 0 aliphatic heterocycles. The molecule has 56 heavy (non-hydrogen) atoms. The molecule has 0 aromatic carbocycles. The summed E-state index contributed by atoms with van der Waals surface area (Å²) in [7, 11) is -4.64. The molecule has 322 valence electrons. The molecule has 3 unspecified atom stereocenters. The number of carbonyl (C=O) groups is 2. The molecule has 0 rings (SSSR count). The zero-order valence-corrected chi connectivity index (χ0v) is 35.8. The van der Waals surface area contributed by atoms with E-state index in [4.69, 9.17) is 29.4 Å². The SMILES string of the molecule is CC/C=C\C/C=C\C/C=C\C/C=C\C/C=C\CCOCC(COP(=O)(O)OCC(N)C(=O)O)OC(=O)CCCCCCCCC/C=C\CCCCCCCCC. The molecule has 0 heterocycles. The van der Waals surface area contributed by atoms with Crippen LogP contribution in [-0.4, -0.2) is 60.5 Å². The first-order valence-corrected chi connectivity index (χ1v) is 23.0. The van der Waals surface area contributed by atoms with Crippen LogP contribution in [0.3, 0.4) is 0 Å². The lowest BCUT2D eigenvalue weighted by atomic mass is 10.1. The molecule has 0 spiro atoms. The van der Waals surface area contributed by atoms with Gasteiger partial charge in [-0.2, -0.15) is 0 Å². The highest BCUT2D eigenvalue weighted by atomic mass is 31.2. The fraction of sp³-hybridized carbons (Fsp3) is 0.689. The molecule has 10 nitrogen and oxygen atoms in total. The molecular formula is C45H78NO9P. The van der Waals surface area contributed by atoms with Gasteiger partial charge in [-0.25, -0.2) is 4.57 Å². The zero-order chi connectivity index (χ0) is 41.2. The Kier molecular flexibility index (Phi) is 38.7. The Balaban J connectivity index is 4.37. The summed E-state index contributed by atoms with van der Waals surface area (Å²) in [5, 5.41) is 8.89. The summed E-state index contributed by atoms with van der Waals surface area (Å²) >= 11 is 0. The second-order valence-electron chi connectivity index (χ2n) is 14.1. The zero-order valence-electron chi connectivity index (χ0n) is 35.0. The van der Waals surface area contributed by atoms with Crippen LogP contribution in [0.4, 0.5) is 0 Å². The summed E-state index contributed by atoms with van der Waals surface area (Å²) in [5.41, 5.74) is 5.35. The van der Waals surface area contributed by atoms with E-state index in [1.54, 1.807) is 0 Å². The minimum absolute atomic E-state index is 0.0423. The van der Waals surface area contributed by atoms with E-state index in [1.165, 1.54) is 70.6 Å². The van der Waals surface area contributed by atoms with Gasteiger partial charge in [0, 0.05) is 6.42 Å². The fourth-order valence-electron chi connectivity index (χ4n) is 5.43. The van der Waals surface area contributed by atoms with E-state index >= 15 is 0 Å². The number of aliphatic carboxylic acids is 1. The molecule has 0 aromatic rings. The van der Waals surface area contributed by atoms with E-state index in [-0.39, 0.29) is 13.0 Å². The normalized spacial score (nSPS) is 14.6. The van der Waals surface area contributed by atoms with Gasteiger partial charge in [0.2, 0.25) is 0 Å². The first-order valence-electron chi connectivity index (χ1n) is 21.5. The van der Waals surface area contributed by atoms with Crippen molar-refractivity contribution < 1.29 is 42.7 Å². The van der Waals surface area contributed by atoms with Gasteiger partial charge in [0.15, 0.2) is 0 Å². The van der Waals surface area contributed by atoms with Crippen molar-refractivity contribution in [2.45, 2.75) is 174 Å². The van der Waals surface area contributed by atoms with Crippen LogP contribution in [-0.2, 0) is 32.7 Å². The number of rotatable bonds is 40. The average Bonchev–Trinajstić information content (AvgIpc) is 3.18. The highest BCUT2D eigenvalue weighted by molar-refractivity contribution is 7.47. The minimum atomic E-state index is -4.64. The van der Waals surface area contributed by atoms with Gasteiger partial charge in [0.1, 0.15) is 12.1 Å². The van der Waals surface area contributed by atoms with E-state index < -0.39 is 45.1 Å². The lowest BCUT2D eigenvalue weighted by Gasteiger charge is -2.20. The predicted octanol–water partition coefficient (Wildman–Crippen LogP) is 11.8. The summed E-state index contributed by atoms with van der Waals surface area (Å²) in [6.45, 7) is 3.53. The predicted molar refractivity (Wildman–Crippen MR) is 230 cm³/mol. The quantitative estimate of drug-likeness (QED) is 0.0236. The van der Waals surface area contributed by atoms with Gasteiger partial charge in [-0.3, -0.25) is 18.6 Å². The molecule has 0 saturated carbocycles. The number of hydrogen-bond acceptors (Lipinski definition) is 8. The molecule has 0 fully saturated rings. The molecule has 0 aliphatic carbocycles. The maximum Gasteiger partial charge on any atom is 0.472 e.